The molecule has 1 saturated heterocycles. The Morgan fingerprint density at radius 2 is 1.80 bits per heavy atom. The molecule has 116 valence electrons. The molecule has 0 aromatic carbocycles. The average molecular weight is 284 g/mol. The van der Waals surface area contributed by atoms with Crippen LogP contribution in [0.25, 0.3) is 0 Å². The zero-order valence-electron chi connectivity index (χ0n) is 13.4. The maximum atomic E-state index is 12.4. The lowest BCUT2D eigenvalue weighted by atomic mass is 9.85. The molecule has 5 heteroatoms. The lowest BCUT2D eigenvalue weighted by molar-refractivity contribution is -0.142. The summed E-state index contributed by atoms with van der Waals surface area (Å²) in [4.78, 5) is 25.5. The number of likely N-dealkylation sites (tertiary alicyclic amines) is 1. The monoisotopic (exact) mass is 284 g/mol. The summed E-state index contributed by atoms with van der Waals surface area (Å²) in [5.74, 6) is -0.108. The highest BCUT2D eigenvalue weighted by Crippen LogP contribution is 2.27. The molecule has 20 heavy (non-hydrogen) atoms. The van der Waals surface area contributed by atoms with E-state index in [0.29, 0.717) is 18.4 Å². The van der Waals surface area contributed by atoms with Gasteiger partial charge < -0.3 is 15.3 Å². The van der Waals surface area contributed by atoms with Gasteiger partial charge >= 0.3 is 12.0 Å². The van der Waals surface area contributed by atoms with E-state index >= 15 is 0 Å². The average Bonchev–Trinajstić information content (AvgIpc) is 2.28. The minimum absolute atomic E-state index is 0.139. The number of aliphatic carboxylic acids is 1. The van der Waals surface area contributed by atoms with Crippen molar-refractivity contribution in [3.8, 4) is 0 Å². The minimum atomic E-state index is -0.989. The standard InChI is InChI=1S/C15H28N2O3/c1-9-7-10(2)11(3)17(8-9)14(20)16-12(13(18)19)15(4,5)6/h9-12H,7-8H2,1-6H3,(H,16,20)(H,18,19)/t9?,10?,11?,12-/m1/s1. The van der Waals surface area contributed by atoms with E-state index in [2.05, 4.69) is 19.2 Å². The fourth-order valence-electron chi connectivity index (χ4n) is 2.84. The van der Waals surface area contributed by atoms with Gasteiger partial charge in [0.1, 0.15) is 6.04 Å². The van der Waals surface area contributed by atoms with Gasteiger partial charge in [-0.1, -0.05) is 34.6 Å². The number of nitrogens with one attached hydrogen (secondary N) is 1. The molecule has 2 amide bonds. The molecule has 0 aromatic heterocycles. The van der Waals surface area contributed by atoms with E-state index in [4.69, 9.17) is 0 Å². The third kappa shape index (κ3) is 3.87. The fourth-order valence-corrected chi connectivity index (χ4v) is 2.84. The SMILES string of the molecule is CC1CC(C)C(C)N(C(=O)N[C@H](C(=O)O)C(C)(C)C)C1. The Balaban J connectivity index is 2.81. The number of rotatable bonds is 2. The second-order valence-electron chi connectivity index (χ2n) is 7.30. The summed E-state index contributed by atoms with van der Waals surface area (Å²) in [5.41, 5.74) is -0.516. The number of hydrogen-bond acceptors (Lipinski definition) is 2. The van der Waals surface area contributed by atoms with Crippen molar-refractivity contribution in [1.29, 1.82) is 0 Å². The minimum Gasteiger partial charge on any atom is -0.480 e. The number of carboxylic acid groups (broad SMARTS) is 1. The van der Waals surface area contributed by atoms with Crippen LogP contribution in [0.3, 0.4) is 0 Å². The summed E-state index contributed by atoms with van der Waals surface area (Å²) in [7, 11) is 0. The number of nitrogens with zero attached hydrogens (tertiary/aromatic N) is 1. The highest BCUT2D eigenvalue weighted by atomic mass is 16.4. The highest BCUT2D eigenvalue weighted by molar-refractivity contribution is 5.83. The lowest BCUT2D eigenvalue weighted by Crippen LogP contribution is -2.58. The fraction of sp³-hybridized carbons (Fsp3) is 0.867. The van der Waals surface area contributed by atoms with Crippen LogP contribution >= 0.6 is 0 Å². The van der Waals surface area contributed by atoms with Gasteiger partial charge in [-0.3, -0.25) is 0 Å². The van der Waals surface area contributed by atoms with Crippen LogP contribution in [-0.4, -0.2) is 40.6 Å². The topological polar surface area (TPSA) is 69.6 Å². The predicted octanol–water partition coefficient (Wildman–Crippen LogP) is 2.56. The molecule has 0 radical (unpaired) electrons. The van der Waals surface area contributed by atoms with Gasteiger partial charge in [-0.25, -0.2) is 9.59 Å². The molecule has 0 bridgehead atoms. The van der Waals surface area contributed by atoms with Crippen molar-refractivity contribution in [2.45, 2.75) is 60.0 Å². The predicted molar refractivity (Wildman–Crippen MR) is 78.5 cm³/mol. The Morgan fingerprint density at radius 1 is 1.25 bits per heavy atom. The number of carbonyl (C=O) groups is 2. The van der Waals surface area contributed by atoms with Crippen LogP contribution in [0.15, 0.2) is 0 Å². The molecule has 0 aromatic rings. The van der Waals surface area contributed by atoms with Gasteiger partial charge in [0.25, 0.3) is 0 Å². The first-order valence-corrected chi connectivity index (χ1v) is 7.34. The lowest BCUT2D eigenvalue weighted by Gasteiger charge is -2.42. The normalized spacial score (nSPS) is 28.9. The maximum absolute atomic E-state index is 12.4. The Hall–Kier alpha value is -1.26. The number of piperidine rings is 1. The van der Waals surface area contributed by atoms with E-state index in [1.54, 1.807) is 4.90 Å². The van der Waals surface area contributed by atoms with Gasteiger partial charge in [0, 0.05) is 12.6 Å². The van der Waals surface area contributed by atoms with Gasteiger partial charge in [0.2, 0.25) is 0 Å². The molecule has 1 rings (SSSR count). The van der Waals surface area contributed by atoms with E-state index in [0.717, 1.165) is 6.42 Å². The summed E-state index contributed by atoms with van der Waals surface area (Å²) in [6, 6.07) is -1.01. The quantitative estimate of drug-likeness (QED) is 0.818. The first kappa shape index (κ1) is 16.8. The number of amides is 2. The van der Waals surface area contributed by atoms with Crippen LogP contribution in [0.4, 0.5) is 4.79 Å². The molecule has 0 aliphatic carbocycles. The molecular formula is C15H28N2O3. The molecule has 3 unspecified atom stereocenters. The Bertz CT molecular complexity index is 376. The number of hydrogen-bond donors (Lipinski definition) is 2. The van der Waals surface area contributed by atoms with Gasteiger partial charge in [-0.2, -0.15) is 0 Å². The second-order valence-corrected chi connectivity index (χ2v) is 7.30. The Morgan fingerprint density at radius 3 is 2.25 bits per heavy atom. The summed E-state index contributed by atoms with van der Waals surface area (Å²) < 4.78 is 0. The van der Waals surface area contributed by atoms with E-state index in [1.807, 2.05) is 27.7 Å². The van der Waals surface area contributed by atoms with Crippen LogP contribution in [0, 0.1) is 17.3 Å². The summed E-state index contributed by atoms with van der Waals surface area (Å²) in [6.45, 7) is 12.4. The van der Waals surface area contributed by atoms with E-state index in [1.165, 1.54) is 0 Å². The molecule has 4 atom stereocenters. The second kappa shape index (κ2) is 6.02. The van der Waals surface area contributed by atoms with Gasteiger partial charge in [-0.05, 0) is 30.6 Å². The molecule has 0 saturated carbocycles. The van der Waals surface area contributed by atoms with E-state index < -0.39 is 17.4 Å². The molecule has 1 fully saturated rings. The van der Waals surface area contributed by atoms with Gasteiger partial charge in [0.15, 0.2) is 0 Å². The van der Waals surface area contributed by atoms with Gasteiger partial charge in [-0.15, -0.1) is 0 Å². The third-order valence-corrected chi connectivity index (χ3v) is 4.24. The number of carbonyl (C=O) groups excluding carboxylic acids is 1. The van der Waals surface area contributed by atoms with Gasteiger partial charge in [0.05, 0.1) is 0 Å². The van der Waals surface area contributed by atoms with Crippen molar-refractivity contribution in [3.63, 3.8) is 0 Å². The first-order chi connectivity index (χ1) is 9.04. The van der Waals surface area contributed by atoms with Crippen LogP contribution < -0.4 is 5.32 Å². The summed E-state index contributed by atoms with van der Waals surface area (Å²) >= 11 is 0. The van der Waals surface area contributed by atoms with Crippen molar-refractivity contribution in [1.82, 2.24) is 10.2 Å². The zero-order valence-corrected chi connectivity index (χ0v) is 13.4. The molecule has 5 nitrogen and oxygen atoms in total. The van der Waals surface area contributed by atoms with Crippen molar-refractivity contribution in [2.75, 3.05) is 6.54 Å². The molecule has 1 aliphatic rings. The summed E-state index contributed by atoms with van der Waals surface area (Å²) in [6.07, 6.45) is 1.10. The van der Waals surface area contributed by atoms with Crippen molar-refractivity contribution >= 4 is 12.0 Å². The third-order valence-electron chi connectivity index (χ3n) is 4.24. The summed E-state index contributed by atoms with van der Waals surface area (Å²) in [5, 5.41) is 12.0. The van der Waals surface area contributed by atoms with Crippen LogP contribution in [0.2, 0.25) is 0 Å². The highest BCUT2D eigenvalue weighted by Gasteiger charge is 2.37. The number of urea groups is 1. The first-order valence-electron chi connectivity index (χ1n) is 7.34. The van der Waals surface area contributed by atoms with E-state index in [-0.39, 0.29) is 12.1 Å². The molecule has 2 N–H and O–H groups in total. The van der Waals surface area contributed by atoms with Crippen LogP contribution in [0.1, 0.15) is 48.0 Å². The smallest absolute Gasteiger partial charge is 0.326 e. The van der Waals surface area contributed by atoms with Crippen molar-refractivity contribution < 1.29 is 14.7 Å². The molecule has 0 spiro atoms. The molecule has 1 heterocycles. The van der Waals surface area contributed by atoms with Crippen molar-refractivity contribution in [2.24, 2.45) is 17.3 Å². The van der Waals surface area contributed by atoms with Crippen LogP contribution in [-0.2, 0) is 4.79 Å². The zero-order chi connectivity index (χ0) is 15.7. The largest absolute Gasteiger partial charge is 0.480 e. The molecule has 1 aliphatic heterocycles. The van der Waals surface area contributed by atoms with Crippen LogP contribution in [0.5, 0.6) is 0 Å². The molecular weight excluding hydrogens is 256 g/mol. The maximum Gasteiger partial charge on any atom is 0.326 e. The number of carboxylic acids is 1. The Kier molecular flexibility index (Phi) is 5.05. The van der Waals surface area contributed by atoms with E-state index in [9.17, 15) is 14.7 Å². The Labute approximate surface area is 121 Å². The van der Waals surface area contributed by atoms with Crippen molar-refractivity contribution in [3.05, 3.63) is 0 Å².